The average Bonchev–Trinajstić information content (AvgIpc) is 3.23. The zero-order chi connectivity index (χ0) is 40.2. The van der Waals surface area contributed by atoms with Gasteiger partial charge in [0.1, 0.15) is 0 Å². The molecule has 2 heteroatoms. The van der Waals surface area contributed by atoms with Crippen LogP contribution in [-0.4, -0.2) is 0 Å². The van der Waals surface area contributed by atoms with Crippen LogP contribution in [0.15, 0.2) is 158 Å². The van der Waals surface area contributed by atoms with Crippen molar-refractivity contribution in [2.75, 3.05) is 9.80 Å². The van der Waals surface area contributed by atoms with Gasteiger partial charge in [-0.1, -0.05) is 116 Å². The lowest BCUT2D eigenvalue weighted by atomic mass is 9.78. The number of hydrogen-bond acceptors (Lipinski definition) is 2. The molecule has 58 heavy (non-hydrogen) atoms. The van der Waals surface area contributed by atoms with Crippen LogP contribution in [-0.2, 0) is 0 Å². The van der Waals surface area contributed by atoms with E-state index in [0.717, 1.165) is 11.4 Å². The fourth-order valence-corrected chi connectivity index (χ4v) is 8.60. The summed E-state index contributed by atoms with van der Waals surface area (Å²) >= 11 is 0. The molecule has 0 amide bonds. The highest BCUT2D eigenvalue weighted by Gasteiger charge is 2.25. The summed E-state index contributed by atoms with van der Waals surface area (Å²) in [5.74, 6) is 1.95. The summed E-state index contributed by atoms with van der Waals surface area (Å²) in [4.78, 5) is 4.79. The Morgan fingerprint density at radius 2 is 0.466 bits per heavy atom. The van der Waals surface area contributed by atoms with Gasteiger partial charge < -0.3 is 9.80 Å². The Balaban J connectivity index is 1.10. The van der Waals surface area contributed by atoms with Crippen LogP contribution < -0.4 is 9.80 Å². The van der Waals surface area contributed by atoms with E-state index in [9.17, 15) is 0 Å². The predicted molar refractivity (Wildman–Crippen MR) is 252 cm³/mol. The fourth-order valence-electron chi connectivity index (χ4n) is 8.60. The smallest absolute Gasteiger partial charge is 0.0468 e. The second-order valence-corrected chi connectivity index (χ2v) is 17.5. The second-order valence-electron chi connectivity index (χ2n) is 17.5. The molecule has 0 N–H and O–H groups in total. The lowest BCUT2D eigenvalue weighted by molar-refractivity contribution is 0.866. The van der Waals surface area contributed by atoms with E-state index in [1.807, 2.05) is 0 Å². The molecule has 0 aromatic heterocycles. The molecule has 0 spiro atoms. The number of hydrogen-bond donors (Lipinski definition) is 0. The maximum absolute atomic E-state index is 2.41. The molecule has 8 aromatic rings. The molecule has 8 aromatic carbocycles. The highest BCUT2D eigenvalue weighted by atomic mass is 15.1. The van der Waals surface area contributed by atoms with Gasteiger partial charge in [-0.25, -0.2) is 0 Å². The molecule has 0 saturated carbocycles. The topological polar surface area (TPSA) is 6.48 Å². The molecule has 1 aliphatic rings. The fraction of sp³-hybridized carbons (Fsp3) is 0.214. The monoisotopic (exact) mass is 754 g/mol. The summed E-state index contributed by atoms with van der Waals surface area (Å²) < 4.78 is 0. The van der Waals surface area contributed by atoms with E-state index in [4.69, 9.17) is 0 Å². The summed E-state index contributed by atoms with van der Waals surface area (Å²) in [7, 11) is 0. The largest absolute Gasteiger partial charge is 0.310 e. The van der Waals surface area contributed by atoms with Gasteiger partial charge in [-0.05, 0) is 187 Å². The van der Waals surface area contributed by atoms with E-state index in [1.54, 1.807) is 0 Å². The van der Waals surface area contributed by atoms with Crippen molar-refractivity contribution >= 4 is 55.7 Å². The molecule has 1 aliphatic carbocycles. The zero-order valence-electron chi connectivity index (χ0n) is 35.2. The molecule has 0 heterocycles. The van der Waals surface area contributed by atoms with E-state index in [0.29, 0.717) is 23.7 Å². The molecule has 0 saturated heterocycles. The van der Waals surface area contributed by atoms with E-state index >= 15 is 0 Å². The molecular weight excluding hydrogens is 701 g/mol. The maximum atomic E-state index is 2.41. The Morgan fingerprint density at radius 3 is 0.707 bits per heavy atom. The average molecular weight is 755 g/mol. The second kappa shape index (κ2) is 15.0. The molecule has 0 radical (unpaired) electrons. The van der Waals surface area contributed by atoms with Crippen LogP contribution in [0.1, 0.15) is 101 Å². The van der Waals surface area contributed by atoms with Gasteiger partial charge in [-0.3, -0.25) is 0 Å². The Hall–Kier alpha value is -6.12. The van der Waals surface area contributed by atoms with Crippen LogP contribution in [0.5, 0.6) is 0 Å². The molecule has 0 unspecified atom stereocenters. The van der Waals surface area contributed by atoms with Crippen molar-refractivity contribution in [2.45, 2.75) is 79.1 Å². The molecule has 9 rings (SSSR count). The summed E-state index contributed by atoms with van der Waals surface area (Å²) in [5, 5.41) is 5.02. The van der Waals surface area contributed by atoms with Gasteiger partial charge in [0.15, 0.2) is 0 Å². The van der Waals surface area contributed by atoms with Gasteiger partial charge in [0.25, 0.3) is 0 Å². The highest BCUT2D eigenvalue weighted by Crippen LogP contribution is 2.51. The van der Waals surface area contributed by atoms with Crippen molar-refractivity contribution in [3.05, 3.63) is 180 Å². The number of benzene rings is 8. The van der Waals surface area contributed by atoms with Crippen LogP contribution in [0.25, 0.3) is 43.8 Å². The number of anilines is 6. The molecule has 2 nitrogen and oxygen atoms in total. The van der Waals surface area contributed by atoms with Crippen molar-refractivity contribution in [1.82, 2.24) is 0 Å². The summed E-state index contributed by atoms with van der Waals surface area (Å²) in [6.07, 6.45) is 0. The Bertz CT molecular complexity index is 2450. The Morgan fingerprint density at radius 1 is 0.241 bits per heavy atom. The first-order valence-electron chi connectivity index (χ1n) is 21.2. The number of fused-ring (bicyclic) bond motifs is 6. The first kappa shape index (κ1) is 37.5. The van der Waals surface area contributed by atoms with Crippen LogP contribution >= 0.6 is 0 Å². The molecule has 0 atom stereocenters. The van der Waals surface area contributed by atoms with E-state index < -0.39 is 0 Å². The first-order valence-corrected chi connectivity index (χ1v) is 21.2. The molecule has 288 valence electrons. The molecule has 0 fully saturated rings. The minimum absolute atomic E-state index is 0.487. The lowest BCUT2D eigenvalue weighted by Crippen LogP contribution is -2.10. The van der Waals surface area contributed by atoms with E-state index in [1.165, 1.54) is 88.8 Å². The standard InChI is InChI=1S/C56H54N2/c1-35(2)39-9-19-47(20-10-39)57(48-21-11-40(12-22-48)36(3)4)51-27-17-43-31-53-54-32-44-18-28-52(30-46(44)34-56(54)55(53)33-45(43)29-51)58(49-23-13-41(14-24-49)37(5)6)50-25-15-42(16-26-50)38(7)8/h9-38H,1-8H3. The van der Waals surface area contributed by atoms with Crippen LogP contribution in [0, 0.1) is 0 Å². The van der Waals surface area contributed by atoms with Crippen molar-refractivity contribution in [3.63, 3.8) is 0 Å². The third kappa shape index (κ3) is 6.85. The van der Waals surface area contributed by atoms with Crippen LogP contribution in [0.4, 0.5) is 34.1 Å². The predicted octanol–water partition coefficient (Wildman–Crippen LogP) is 17.1. The lowest BCUT2D eigenvalue weighted by Gasteiger charge is -2.29. The zero-order valence-corrected chi connectivity index (χ0v) is 35.2. The highest BCUT2D eigenvalue weighted by molar-refractivity contribution is 6.12. The normalized spacial score (nSPS) is 12.1. The van der Waals surface area contributed by atoms with Crippen LogP contribution in [0.2, 0.25) is 0 Å². The van der Waals surface area contributed by atoms with Crippen molar-refractivity contribution < 1.29 is 0 Å². The summed E-state index contributed by atoms with van der Waals surface area (Å²) in [5.41, 5.74) is 17.7. The third-order valence-electron chi connectivity index (χ3n) is 12.3. The van der Waals surface area contributed by atoms with Gasteiger partial charge in [-0.2, -0.15) is 0 Å². The SMILES string of the molecule is CC(C)c1ccc(N(c2ccc(C(C)C)cc2)c2ccc3cc4c(cc3c2)-c2cc3cc(N(c5ccc(C(C)C)cc5)c5ccc(C(C)C)cc5)ccc3cc2-4)cc1. The number of nitrogens with zero attached hydrogens (tertiary/aromatic N) is 2. The van der Waals surface area contributed by atoms with Crippen molar-refractivity contribution in [3.8, 4) is 22.3 Å². The van der Waals surface area contributed by atoms with E-state index in [2.05, 4.69) is 223 Å². The number of rotatable bonds is 10. The van der Waals surface area contributed by atoms with Gasteiger partial charge in [0.2, 0.25) is 0 Å². The Labute approximate surface area is 345 Å². The summed E-state index contributed by atoms with van der Waals surface area (Å²) in [6.45, 7) is 18.0. The van der Waals surface area contributed by atoms with Crippen LogP contribution in [0.3, 0.4) is 0 Å². The first-order chi connectivity index (χ1) is 28.0. The van der Waals surface area contributed by atoms with Gasteiger partial charge >= 0.3 is 0 Å². The van der Waals surface area contributed by atoms with Gasteiger partial charge in [0.05, 0.1) is 0 Å². The quantitative estimate of drug-likeness (QED) is 0.137. The van der Waals surface area contributed by atoms with Gasteiger partial charge in [0, 0.05) is 34.1 Å². The van der Waals surface area contributed by atoms with Gasteiger partial charge in [-0.15, -0.1) is 0 Å². The van der Waals surface area contributed by atoms with Crippen molar-refractivity contribution in [1.29, 1.82) is 0 Å². The summed E-state index contributed by atoms with van der Waals surface area (Å²) in [6, 6.07) is 59.8. The Kier molecular flexibility index (Phi) is 9.68. The van der Waals surface area contributed by atoms with E-state index in [-0.39, 0.29) is 0 Å². The van der Waals surface area contributed by atoms with Crippen molar-refractivity contribution in [2.24, 2.45) is 0 Å². The maximum Gasteiger partial charge on any atom is 0.0468 e. The molecule has 0 bridgehead atoms. The molecular formula is C56H54N2. The minimum atomic E-state index is 0.487. The minimum Gasteiger partial charge on any atom is -0.310 e. The molecule has 0 aliphatic heterocycles. The third-order valence-corrected chi connectivity index (χ3v) is 12.3.